The zero-order valence-corrected chi connectivity index (χ0v) is 21.7. The van der Waals surface area contributed by atoms with E-state index in [1.807, 2.05) is 44.2 Å². The lowest BCUT2D eigenvalue weighted by atomic mass is 9.74. The monoisotopic (exact) mass is 525 g/mol. The Morgan fingerprint density at radius 2 is 1.84 bits per heavy atom. The molecule has 0 radical (unpaired) electrons. The molecule has 1 fully saturated rings. The van der Waals surface area contributed by atoms with Crippen molar-refractivity contribution in [2.45, 2.75) is 50.8 Å². The number of carbonyl (C=O) groups excluding carboxylic acids is 3. The highest BCUT2D eigenvalue weighted by atomic mass is 16.7. The van der Waals surface area contributed by atoms with E-state index >= 15 is 0 Å². The molecule has 3 rings (SSSR count). The number of amides is 2. The number of likely N-dealkylation sites (N-methyl/N-ethyl adjacent to an activating group) is 1. The maximum atomic E-state index is 13.5. The lowest BCUT2D eigenvalue weighted by molar-refractivity contribution is -0.151. The third-order valence-corrected chi connectivity index (χ3v) is 5.92. The molecule has 4 atom stereocenters. The zero-order valence-electron chi connectivity index (χ0n) is 21.7. The Bertz CT molecular complexity index is 1120. The van der Waals surface area contributed by atoms with Crippen LogP contribution in [0.15, 0.2) is 48.9 Å². The molecule has 2 aromatic rings. The van der Waals surface area contributed by atoms with Crippen molar-refractivity contribution in [3.8, 4) is 0 Å². The Morgan fingerprint density at radius 1 is 1.13 bits per heavy atom. The van der Waals surface area contributed by atoms with Crippen LogP contribution in [-0.2, 0) is 30.1 Å². The van der Waals surface area contributed by atoms with Crippen molar-refractivity contribution >= 4 is 30.9 Å². The Labute approximate surface area is 221 Å². The summed E-state index contributed by atoms with van der Waals surface area (Å²) in [6, 6.07) is 6.90. The molecule has 1 saturated heterocycles. The number of benzene rings is 1. The van der Waals surface area contributed by atoms with Gasteiger partial charge in [-0.3, -0.25) is 29.1 Å². The summed E-state index contributed by atoms with van der Waals surface area (Å²) < 4.78 is 11.2. The fourth-order valence-corrected chi connectivity index (χ4v) is 4.15. The number of hydrogen-bond acceptors (Lipinski definition) is 9. The van der Waals surface area contributed by atoms with E-state index in [1.165, 1.54) is 37.6 Å². The molecule has 0 aliphatic carbocycles. The first-order valence-corrected chi connectivity index (χ1v) is 12.2. The van der Waals surface area contributed by atoms with E-state index in [4.69, 9.17) is 9.31 Å². The normalized spacial score (nSPS) is 17.6. The number of aromatic nitrogens is 2. The molecular weight excluding hydrogens is 493 g/mol. The van der Waals surface area contributed by atoms with E-state index in [-0.39, 0.29) is 18.0 Å². The summed E-state index contributed by atoms with van der Waals surface area (Å²) in [5.41, 5.74) is 0.864. The van der Waals surface area contributed by atoms with Gasteiger partial charge in [-0.25, -0.2) is 4.98 Å². The van der Waals surface area contributed by atoms with Gasteiger partial charge in [0, 0.05) is 18.8 Å². The Balaban J connectivity index is 1.81. The summed E-state index contributed by atoms with van der Waals surface area (Å²) in [5, 5.41) is 15.1. The predicted octanol–water partition coefficient (Wildman–Crippen LogP) is 0.333. The third-order valence-electron chi connectivity index (χ3n) is 5.92. The molecule has 1 aliphatic heterocycles. The van der Waals surface area contributed by atoms with E-state index in [2.05, 4.69) is 20.6 Å². The van der Waals surface area contributed by atoms with Gasteiger partial charge in [-0.1, -0.05) is 44.2 Å². The van der Waals surface area contributed by atoms with Gasteiger partial charge in [0.25, 0.3) is 5.91 Å². The minimum absolute atomic E-state index is 0.0522. The second-order valence-electron chi connectivity index (χ2n) is 9.66. The van der Waals surface area contributed by atoms with Crippen molar-refractivity contribution in [1.29, 1.82) is 0 Å². The van der Waals surface area contributed by atoms with Crippen molar-refractivity contribution in [2.24, 2.45) is 5.92 Å². The number of carboxylic acids is 1. The maximum Gasteiger partial charge on any atom is 0.552 e. The quantitative estimate of drug-likeness (QED) is 0.330. The standard InChI is InChI=1S/C25H32BN5O7/c1-15(2)12-19(26-37-21(25(36)38-26)20(24(34)35)31(3)4)30-22(32)17(13-16-8-6-5-7-9-16)29-23(33)18-14-27-10-11-28-18/h5-11,14-15,17,19-21H,12-13H2,1-4H3,(H,29,33)(H,30,32)(H,34,35)/t17?,19?,20?,21-/m1/s1. The van der Waals surface area contributed by atoms with E-state index in [9.17, 15) is 24.3 Å². The minimum atomic E-state index is -1.37. The van der Waals surface area contributed by atoms with Crippen LogP contribution in [0.4, 0.5) is 0 Å². The molecule has 0 saturated carbocycles. The number of rotatable bonds is 12. The summed E-state index contributed by atoms with van der Waals surface area (Å²) >= 11 is 0. The van der Waals surface area contributed by atoms with Gasteiger partial charge in [0.15, 0.2) is 6.10 Å². The number of hydrogen-bond donors (Lipinski definition) is 3. The Kier molecular flexibility index (Phi) is 9.91. The molecular formula is C25H32BN5O7. The minimum Gasteiger partial charge on any atom is -0.506 e. The van der Waals surface area contributed by atoms with Crippen molar-refractivity contribution in [2.75, 3.05) is 14.1 Å². The van der Waals surface area contributed by atoms with Gasteiger partial charge in [-0.2, -0.15) is 0 Å². The highest BCUT2D eigenvalue weighted by Crippen LogP contribution is 2.22. The van der Waals surface area contributed by atoms with Crippen LogP contribution in [-0.4, -0.2) is 89.1 Å². The second-order valence-corrected chi connectivity index (χ2v) is 9.66. The first-order valence-electron chi connectivity index (χ1n) is 12.2. The van der Waals surface area contributed by atoms with Gasteiger partial charge < -0.3 is 25.0 Å². The number of carbonyl (C=O) groups is 4. The third kappa shape index (κ3) is 7.59. The van der Waals surface area contributed by atoms with Crippen LogP contribution in [0.1, 0.15) is 36.3 Å². The fourth-order valence-electron chi connectivity index (χ4n) is 4.15. The molecule has 2 heterocycles. The number of nitrogens with one attached hydrogen (secondary N) is 2. The molecule has 13 heteroatoms. The van der Waals surface area contributed by atoms with Crippen molar-refractivity contribution < 1.29 is 33.6 Å². The van der Waals surface area contributed by atoms with Crippen LogP contribution in [0.5, 0.6) is 0 Å². The van der Waals surface area contributed by atoms with E-state index in [1.54, 1.807) is 0 Å². The van der Waals surface area contributed by atoms with Gasteiger partial charge in [0.05, 0.1) is 12.1 Å². The number of nitrogens with zero attached hydrogens (tertiary/aromatic N) is 3. The Morgan fingerprint density at radius 3 is 2.42 bits per heavy atom. The highest BCUT2D eigenvalue weighted by Gasteiger charge is 2.51. The molecule has 2 amide bonds. The van der Waals surface area contributed by atoms with Crippen molar-refractivity contribution in [3.63, 3.8) is 0 Å². The topological polar surface area (TPSA) is 160 Å². The molecule has 3 N–H and O–H groups in total. The number of carboxylic acid groups (broad SMARTS) is 1. The summed E-state index contributed by atoms with van der Waals surface area (Å²) in [6.45, 7) is 3.84. The van der Waals surface area contributed by atoms with Crippen LogP contribution in [0.2, 0.25) is 0 Å². The summed E-state index contributed by atoms with van der Waals surface area (Å²) in [7, 11) is 1.84. The Hall–Kier alpha value is -3.84. The maximum absolute atomic E-state index is 13.5. The fraction of sp³-hybridized carbons (Fsp3) is 0.440. The predicted molar refractivity (Wildman–Crippen MR) is 137 cm³/mol. The van der Waals surface area contributed by atoms with Crippen LogP contribution < -0.4 is 10.6 Å². The van der Waals surface area contributed by atoms with Gasteiger partial charge in [0.2, 0.25) is 5.91 Å². The van der Waals surface area contributed by atoms with Crippen LogP contribution >= 0.6 is 0 Å². The molecule has 38 heavy (non-hydrogen) atoms. The first kappa shape index (κ1) is 28.7. The molecule has 3 unspecified atom stereocenters. The largest absolute Gasteiger partial charge is 0.552 e. The lowest BCUT2D eigenvalue weighted by Crippen LogP contribution is -2.56. The highest BCUT2D eigenvalue weighted by molar-refractivity contribution is 6.51. The summed E-state index contributed by atoms with van der Waals surface area (Å²) in [6.07, 6.45) is 3.29. The average Bonchev–Trinajstić information content (AvgIpc) is 3.24. The van der Waals surface area contributed by atoms with Crippen LogP contribution in [0, 0.1) is 5.92 Å². The molecule has 202 valence electrons. The van der Waals surface area contributed by atoms with Gasteiger partial charge in [-0.05, 0) is 32.0 Å². The molecule has 12 nitrogen and oxygen atoms in total. The lowest BCUT2D eigenvalue weighted by Gasteiger charge is -2.26. The van der Waals surface area contributed by atoms with E-state index < -0.39 is 55.0 Å². The second kappa shape index (κ2) is 13.1. The molecule has 0 spiro atoms. The summed E-state index contributed by atoms with van der Waals surface area (Å²) in [5.74, 6) is -3.89. The molecule has 1 aliphatic rings. The van der Waals surface area contributed by atoms with Crippen LogP contribution in [0.3, 0.4) is 0 Å². The van der Waals surface area contributed by atoms with Crippen LogP contribution in [0.25, 0.3) is 0 Å². The summed E-state index contributed by atoms with van der Waals surface area (Å²) in [4.78, 5) is 59.9. The SMILES string of the molecule is CC(C)CC(NC(=O)C(Cc1ccccc1)NC(=O)c1cnccn1)B1OC(=O)[C@@H](C(C(=O)O)N(C)C)O1. The van der Waals surface area contributed by atoms with Gasteiger partial charge in [-0.15, -0.1) is 0 Å². The zero-order chi connectivity index (χ0) is 27.8. The number of aliphatic carboxylic acids is 1. The average molecular weight is 525 g/mol. The van der Waals surface area contributed by atoms with Crippen molar-refractivity contribution in [3.05, 3.63) is 60.2 Å². The van der Waals surface area contributed by atoms with Crippen molar-refractivity contribution in [1.82, 2.24) is 25.5 Å². The molecule has 1 aromatic carbocycles. The smallest absolute Gasteiger partial charge is 0.506 e. The molecule has 1 aromatic heterocycles. The van der Waals surface area contributed by atoms with Gasteiger partial charge in [0.1, 0.15) is 17.8 Å². The van der Waals surface area contributed by atoms with E-state index in [0.29, 0.717) is 6.42 Å². The van der Waals surface area contributed by atoms with Gasteiger partial charge >= 0.3 is 19.1 Å². The first-order chi connectivity index (χ1) is 18.1. The van der Waals surface area contributed by atoms with E-state index in [0.717, 1.165) is 5.56 Å². The molecule has 0 bridgehead atoms.